The Hall–Kier alpha value is -1.85. The third-order valence-corrected chi connectivity index (χ3v) is 4.85. The third-order valence-electron chi connectivity index (χ3n) is 4.85. The molecule has 3 rings (SSSR count). The van der Waals surface area contributed by atoms with Crippen molar-refractivity contribution >= 4 is 5.91 Å². The van der Waals surface area contributed by atoms with Gasteiger partial charge in [-0.05, 0) is 43.4 Å². The first-order valence-corrected chi connectivity index (χ1v) is 9.46. The summed E-state index contributed by atoms with van der Waals surface area (Å²) >= 11 is 0. The van der Waals surface area contributed by atoms with Crippen LogP contribution in [0.3, 0.4) is 0 Å². The molecule has 25 heavy (non-hydrogen) atoms. The van der Waals surface area contributed by atoms with E-state index < -0.39 is 0 Å². The van der Waals surface area contributed by atoms with Crippen molar-refractivity contribution in [1.29, 1.82) is 0 Å². The molecule has 5 heteroatoms. The van der Waals surface area contributed by atoms with Crippen LogP contribution in [0.25, 0.3) is 0 Å². The molecule has 2 N–H and O–H groups in total. The van der Waals surface area contributed by atoms with Crippen molar-refractivity contribution in [2.45, 2.75) is 45.1 Å². The summed E-state index contributed by atoms with van der Waals surface area (Å²) in [7, 11) is 0. The zero-order chi connectivity index (χ0) is 17.3. The van der Waals surface area contributed by atoms with Gasteiger partial charge in [0.15, 0.2) is 0 Å². The van der Waals surface area contributed by atoms with E-state index >= 15 is 0 Å². The maximum atomic E-state index is 12.3. The van der Waals surface area contributed by atoms with Gasteiger partial charge in [-0.3, -0.25) is 15.1 Å². The summed E-state index contributed by atoms with van der Waals surface area (Å²) in [5, 5.41) is 0. The molecule has 0 spiro atoms. The van der Waals surface area contributed by atoms with Crippen LogP contribution in [0.2, 0.25) is 0 Å². The van der Waals surface area contributed by atoms with Gasteiger partial charge in [0.1, 0.15) is 0 Å². The molecule has 136 valence electrons. The quantitative estimate of drug-likeness (QED) is 0.807. The number of nitrogens with one attached hydrogen (secondary N) is 2. The van der Waals surface area contributed by atoms with Gasteiger partial charge in [0.25, 0.3) is 5.91 Å². The smallest absolute Gasteiger partial charge is 0.269 e. The van der Waals surface area contributed by atoms with Crippen molar-refractivity contribution in [3.63, 3.8) is 0 Å². The average Bonchev–Trinajstić information content (AvgIpc) is 2.62. The van der Waals surface area contributed by atoms with E-state index in [2.05, 4.69) is 21.8 Å². The van der Waals surface area contributed by atoms with E-state index in [0.717, 1.165) is 51.4 Å². The molecular formula is C20H29N3O2. The first-order chi connectivity index (χ1) is 12.3. The molecule has 1 aromatic carbocycles. The first-order valence-electron chi connectivity index (χ1n) is 9.46. The minimum absolute atomic E-state index is 0.0825. The maximum Gasteiger partial charge on any atom is 0.269 e. The molecule has 1 fully saturated rings. The molecule has 0 unspecified atom stereocenters. The molecule has 0 atom stereocenters. The molecule has 0 radical (unpaired) electrons. The van der Waals surface area contributed by atoms with Crippen molar-refractivity contribution in [3.8, 4) is 0 Å². The van der Waals surface area contributed by atoms with Gasteiger partial charge in [0.2, 0.25) is 0 Å². The Bertz CT molecular complexity index is 577. The minimum atomic E-state index is -0.0825. The van der Waals surface area contributed by atoms with Gasteiger partial charge in [-0.15, -0.1) is 0 Å². The molecule has 1 amide bonds. The number of allylic oxidation sites excluding steroid dienone is 2. The standard InChI is InChI=1S/C20H29N3O2/c24-20(22-21-19-6-4-2-1-3-5-7-19)18-10-8-17(9-11-18)16-23-12-14-25-15-13-23/h6,8-11,21H,1-5,7,12-16H2,(H,22,24). The Kier molecular flexibility index (Phi) is 6.89. The third kappa shape index (κ3) is 5.87. The van der Waals surface area contributed by atoms with Crippen molar-refractivity contribution in [1.82, 2.24) is 15.8 Å². The molecule has 1 aliphatic carbocycles. The molecule has 1 heterocycles. The van der Waals surface area contributed by atoms with Crippen molar-refractivity contribution in [3.05, 3.63) is 47.2 Å². The zero-order valence-corrected chi connectivity index (χ0v) is 14.9. The van der Waals surface area contributed by atoms with Crippen LogP contribution in [-0.4, -0.2) is 37.1 Å². The van der Waals surface area contributed by atoms with Gasteiger partial charge in [-0.2, -0.15) is 0 Å². The molecular weight excluding hydrogens is 314 g/mol. The largest absolute Gasteiger partial charge is 0.379 e. The van der Waals surface area contributed by atoms with E-state index in [9.17, 15) is 4.79 Å². The second-order valence-electron chi connectivity index (χ2n) is 6.85. The highest BCUT2D eigenvalue weighted by molar-refractivity contribution is 5.93. The second kappa shape index (κ2) is 9.59. The Morgan fingerprint density at radius 2 is 1.80 bits per heavy atom. The lowest BCUT2D eigenvalue weighted by Crippen LogP contribution is -2.37. The fraction of sp³-hybridized carbons (Fsp3) is 0.550. The lowest BCUT2D eigenvalue weighted by molar-refractivity contribution is 0.0342. The molecule has 1 aromatic rings. The summed E-state index contributed by atoms with van der Waals surface area (Å²) in [4.78, 5) is 14.7. The Morgan fingerprint density at radius 1 is 1.04 bits per heavy atom. The number of benzene rings is 1. The average molecular weight is 343 g/mol. The second-order valence-corrected chi connectivity index (χ2v) is 6.85. The van der Waals surface area contributed by atoms with Crippen LogP contribution in [0.4, 0.5) is 0 Å². The molecule has 0 bridgehead atoms. The number of nitrogens with zero attached hydrogens (tertiary/aromatic N) is 1. The van der Waals surface area contributed by atoms with Crippen molar-refractivity contribution < 1.29 is 9.53 Å². The maximum absolute atomic E-state index is 12.3. The predicted octanol–water partition coefficient (Wildman–Crippen LogP) is 2.99. The van der Waals surface area contributed by atoms with Crippen LogP contribution >= 0.6 is 0 Å². The van der Waals surface area contributed by atoms with Gasteiger partial charge in [-0.1, -0.05) is 31.1 Å². The molecule has 0 aromatic heterocycles. The monoisotopic (exact) mass is 343 g/mol. The lowest BCUT2D eigenvalue weighted by atomic mass is 10.0. The highest BCUT2D eigenvalue weighted by atomic mass is 16.5. The van der Waals surface area contributed by atoms with Gasteiger partial charge < -0.3 is 10.2 Å². The Balaban J connectivity index is 1.48. The Morgan fingerprint density at radius 3 is 2.60 bits per heavy atom. The predicted molar refractivity (Wildman–Crippen MR) is 98.9 cm³/mol. The van der Waals surface area contributed by atoms with Crippen LogP contribution < -0.4 is 10.9 Å². The van der Waals surface area contributed by atoms with E-state index in [1.807, 2.05) is 24.3 Å². The summed E-state index contributed by atoms with van der Waals surface area (Å²) in [6.07, 6.45) is 9.33. The van der Waals surface area contributed by atoms with Gasteiger partial charge in [-0.25, -0.2) is 0 Å². The lowest BCUT2D eigenvalue weighted by Gasteiger charge is -2.26. The highest BCUT2D eigenvalue weighted by Gasteiger charge is 2.11. The molecule has 5 nitrogen and oxygen atoms in total. The number of carbonyl (C=O) groups is 1. The minimum Gasteiger partial charge on any atom is -0.379 e. The van der Waals surface area contributed by atoms with Crippen molar-refractivity contribution in [2.75, 3.05) is 26.3 Å². The number of rotatable bonds is 5. The zero-order valence-electron chi connectivity index (χ0n) is 14.9. The summed E-state index contributed by atoms with van der Waals surface area (Å²) in [5.41, 5.74) is 8.99. The van der Waals surface area contributed by atoms with Gasteiger partial charge in [0.05, 0.1) is 13.2 Å². The number of amides is 1. The Labute approximate surface area is 150 Å². The van der Waals surface area contributed by atoms with E-state index in [4.69, 9.17) is 4.74 Å². The topological polar surface area (TPSA) is 53.6 Å². The van der Waals surface area contributed by atoms with E-state index in [1.54, 1.807) is 0 Å². The number of hydrogen-bond donors (Lipinski definition) is 2. The summed E-state index contributed by atoms with van der Waals surface area (Å²) in [6, 6.07) is 7.89. The number of carbonyl (C=O) groups excluding carboxylic acids is 1. The van der Waals surface area contributed by atoms with Crippen LogP contribution in [-0.2, 0) is 11.3 Å². The summed E-state index contributed by atoms with van der Waals surface area (Å²) in [6.45, 7) is 4.48. The van der Waals surface area contributed by atoms with Crippen LogP contribution in [0.15, 0.2) is 36.0 Å². The number of morpholine rings is 1. The normalized spacial score (nSPS) is 19.4. The first kappa shape index (κ1) is 18.0. The van der Waals surface area contributed by atoms with Gasteiger partial charge in [0, 0.05) is 30.9 Å². The van der Waals surface area contributed by atoms with E-state index in [1.165, 1.54) is 31.2 Å². The molecule has 1 saturated heterocycles. The summed E-state index contributed by atoms with van der Waals surface area (Å²) < 4.78 is 5.37. The number of hydrazine groups is 1. The van der Waals surface area contributed by atoms with E-state index in [0.29, 0.717) is 5.56 Å². The SMILES string of the molecule is O=C(NNC1=CCCCCCC1)c1ccc(CN2CCOCC2)cc1. The number of hydrogen-bond acceptors (Lipinski definition) is 4. The number of ether oxygens (including phenoxy) is 1. The van der Waals surface area contributed by atoms with Crippen LogP contribution in [0, 0.1) is 0 Å². The van der Waals surface area contributed by atoms with E-state index in [-0.39, 0.29) is 5.91 Å². The summed E-state index contributed by atoms with van der Waals surface area (Å²) in [5.74, 6) is -0.0825. The fourth-order valence-electron chi connectivity index (χ4n) is 3.29. The molecule has 0 saturated carbocycles. The van der Waals surface area contributed by atoms with Crippen LogP contribution in [0.1, 0.15) is 54.4 Å². The molecule has 1 aliphatic heterocycles. The molecule has 2 aliphatic rings. The van der Waals surface area contributed by atoms with Crippen LogP contribution in [0.5, 0.6) is 0 Å². The highest BCUT2D eigenvalue weighted by Crippen LogP contribution is 2.15. The van der Waals surface area contributed by atoms with Crippen molar-refractivity contribution in [2.24, 2.45) is 0 Å². The van der Waals surface area contributed by atoms with Gasteiger partial charge >= 0.3 is 0 Å². The fourth-order valence-corrected chi connectivity index (χ4v) is 3.29.